The van der Waals surface area contributed by atoms with Crippen molar-refractivity contribution >= 4 is 11.8 Å². The fraction of sp³-hybridized carbons (Fsp3) is 0.760. The summed E-state index contributed by atoms with van der Waals surface area (Å²) in [6.45, 7) is 5.99. The molecule has 0 heterocycles. The number of ether oxygens (including phenoxy) is 1. The van der Waals surface area contributed by atoms with Crippen LogP contribution in [0.2, 0.25) is 0 Å². The molecule has 0 radical (unpaired) electrons. The molecule has 2 unspecified atom stereocenters. The molecule has 2 N–H and O–H groups in total. The Bertz CT molecular complexity index is 556. The number of hydrogen-bond acceptors (Lipinski definition) is 5. The van der Waals surface area contributed by atoms with Gasteiger partial charge in [-0.05, 0) is 38.0 Å². The Labute approximate surface area is 182 Å². The number of carbonyl (C=O) groups excluding carboxylic acids is 2. The van der Waals surface area contributed by atoms with E-state index in [2.05, 4.69) is 24.3 Å². The van der Waals surface area contributed by atoms with E-state index in [4.69, 9.17) is 0 Å². The summed E-state index contributed by atoms with van der Waals surface area (Å²) in [7, 11) is 1.27. The van der Waals surface area contributed by atoms with Crippen LogP contribution >= 0.6 is 0 Å². The first-order chi connectivity index (χ1) is 14.4. The zero-order valence-electron chi connectivity index (χ0n) is 19.0. The van der Waals surface area contributed by atoms with Gasteiger partial charge in [0.25, 0.3) is 0 Å². The van der Waals surface area contributed by atoms with Gasteiger partial charge in [0.05, 0.1) is 12.7 Å². The van der Waals surface area contributed by atoms with E-state index in [-0.39, 0.29) is 11.8 Å². The molecular weight excluding hydrogens is 380 g/mol. The van der Waals surface area contributed by atoms with Crippen LogP contribution in [-0.2, 0) is 14.3 Å². The number of Topliss-reactive ketones (excluding diaryl/α,β-unsaturated/α-hetero) is 1. The Hall–Kier alpha value is -1.46. The molecule has 1 aliphatic carbocycles. The van der Waals surface area contributed by atoms with Gasteiger partial charge in [0.2, 0.25) is 0 Å². The Balaban J connectivity index is 2.40. The molecule has 1 saturated carbocycles. The smallest absolute Gasteiger partial charge is 0.334 e. The van der Waals surface area contributed by atoms with Gasteiger partial charge >= 0.3 is 5.97 Å². The average molecular weight is 423 g/mol. The molecule has 1 fully saturated rings. The molecule has 1 aliphatic rings. The van der Waals surface area contributed by atoms with Crippen molar-refractivity contribution in [3.8, 4) is 0 Å². The van der Waals surface area contributed by atoms with Crippen molar-refractivity contribution in [3.05, 3.63) is 24.8 Å². The molecule has 0 aromatic heterocycles. The Morgan fingerprint density at radius 3 is 2.67 bits per heavy atom. The summed E-state index contributed by atoms with van der Waals surface area (Å²) in [4.78, 5) is 23.5. The lowest BCUT2D eigenvalue weighted by molar-refractivity contribution is -0.150. The molecule has 0 aliphatic heterocycles. The van der Waals surface area contributed by atoms with E-state index in [1.807, 2.05) is 6.08 Å². The van der Waals surface area contributed by atoms with Gasteiger partial charge in [-0.1, -0.05) is 70.1 Å². The highest BCUT2D eigenvalue weighted by Crippen LogP contribution is 2.34. The van der Waals surface area contributed by atoms with Gasteiger partial charge in [-0.2, -0.15) is 0 Å². The second-order valence-electron chi connectivity index (χ2n) is 8.70. The normalized spacial score (nSPS) is 22.2. The summed E-state index contributed by atoms with van der Waals surface area (Å²) in [6, 6.07) is 0. The Kier molecular flexibility index (Phi) is 12.9. The van der Waals surface area contributed by atoms with Crippen LogP contribution in [0.5, 0.6) is 0 Å². The zero-order chi connectivity index (χ0) is 22.4. The number of aliphatic hydroxyl groups excluding tert-OH is 1. The van der Waals surface area contributed by atoms with E-state index in [1.165, 1.54) is 20.0 Å². The predicted octanol–water partition coefficient (Wildman–Crippen LogP) is 4.90. The van der Waals surface area contributed by atoms with Crippen molar-refractivity contribution < 1.29 is 24.5 Å². The van der Waals surface area contributed by atoms with Crippen molar-refractivity contribution in [1.29, 1.82) is 0 Å². The van der Waals surface area contributed by atoms with Gasteiger partial charge in [0.15, 0.2) is 6.10 Å². The number of carbonyl (C=O) groups is 2. The number of methoxy groups -OCH3 is 1. The quantitative estimate of drug-likeness (QED) is 0.210. The molecule has 0 amide bonds. The van der Waals surface area contributed by atoms with E-state index in [0.717, 1.165) is 51.4 Å². The fourth-order valence-corrected chi connectivity index (χ4v) is 4.26. The van der Waals surface area contributed by atoms with Crippen LogP contribution in [0.25, 0.3) is 0 Å². The summed E-state index contributed by atoms with van der Waals surface area (Å²) in [5.74, 6) is 0.0364. The van der Waals surface area contributed by atoms with E-state index >= 15 is 0 Å². The second-order valence-corrected chi connectivity index (χ2v) is 8.70. The number of hydrogen-bond donors (Lipinski definition) is 2. The van der Waals surface area contributed by atoms with E-state index in [9.17, 15) is 19.8 Å². The Morgan fingerprint density at radius 2 is 2.00 bits per heavy atom. The molecular formula is C25H42O5. The molecule has 172 valence electrons. The minimum absolute atomic E-state index is 0.0492. The standard InChI is InChI=1S/C25H42O5/c1-4-6-7-11-18-25(29,5-2)19-12-13-20-16-17-22(26)21(20)14-9-8-10-15-23(27)24(28)30-3/h5,12-13,20-21,23,27,29H,2,4,6-11,14-19H2,1,3H3/t20-,21+,23?,25?/m0/s1. The average Bonchev–Trinajstić information content (AvgIpc) is 3.09. The monoisotopic (exact) mass is 422 g/mol. The predicted molar refractivity (Wildman–Crippen MR) is 120 cm³/mol. The third-order valence-corrected chi connectivity index (χ3v) is 6.32. The van der Waals surface area contributed by atoms with Crippen LogP contribution in [0, 0.1) is 11.8 Å². The van der Waals surface area contributed by atoms with Crippen LogP contribution < -0.4 is 0 Å². The van der Waals surface area contributed by atoms with Crippen LogP contribution in [0.15, 0.2) is 24.8 Å². The van der Waals surface area contributed by atoms with Gasteiger partial charge in [-0.25, -0.2) is 4.79 Å². The number of rotatable bonds is 16. The third-order valence-electron chi connectivity index (χ3n) is 6.32. The lowest BCUT2D eigenvalue weighted by atomic mass is 9.87. The first kappa shape index (κ1) is 26.6. The minimum Gasteiger partial charge on any atom is -0.467 e. The lowest BCUT2D eigenvalue weighted by Gasteiger charge is -2.23. The molecule has 5 heteroatoms. The number of aliphatic hydroxyl groups is 2. The van der Waals surface area contributed by atoms with Crippen LogP contribution in [-0.4, -0.2) is 40.8 Å². The molecule has 4 atom stereocenters. The topological polar surface area (TPSA) is 83.8 Å². The van der Waals surface area contributed by atoms with Crippen LogP contribution in [0.4, 0.5) is 0 Å². The second kappa shape index (κ2) is 14.5. The molecule has 0 saturated heterocycles. The molecule has 5 nitrogen and oxygen atoms in total. The third kappa shape index (κ3) is 9.57. The maximum Gasteiger partial charge on any atom is 0.334 e. The summed E-state index contributed by atoms with van der Waals surface area (Å²) in [5, 5.41) is 20.3. The highest BCUT2D eigenvalue weighted by Gasteiger charge is 2.32. The van der Waals surface area contributed by atoms with Crippen LogP contribution in [0.1, 0.15) is 90.4 Å². The molecule has 0 aromatic rings. The molecule has 30 heavy (non-hydrogen) atoms. The zero-order valence-corrected chi connectivity index (χ0v) is 19.0. The van der Waals surface area contributed by atoms with Gasteiger partial charge in [-0.3, -0.25) is 4.79 Å². The summed E-state index contributed by atoms with van der Waals surface area (Å²) < 4.78 is 4.52. The van der Waals surface area contributed by atoms with E-state index in [1.54, 1.807) is 6.08 Å². The molecule has 1 rings (SSSR count). The van der Waals surface area contributed by atoms with Crippen molar-refractivity contribution in [3.63, 3.8) is 0 Å². The van der Waals surface area contributed by atoms with Gasteiger partial charge in [-0.15, -0.1) is 6.58 Å². The first-order valence-electron chi connectivity index (χ1n) is 11.7. The summed E-state index contributed by atoms with van der Waals surface area (Å²) in [5.41, 5.74) is -0.858. The van der Waals surface area contributed by atoms with Crippen LogP contribution in [0.3, 0.4) is 0 Å². The summed E-state index contributed by atoms with van der Waals surface area (Å²) in [6.07, 6.45) is 15.8. The maximum atomic E-state index is 12.3. The number of ketones is 1. The SMILES string of the molecule is C=CC(O)(CC=C[C@H]1CCC(=O)[C@@H]1CCCCCC(O)C(=O)OC)CCCCCC. The Morgan fingerprint density at radius 1 is 1.27 bits per heavy atom. The van der Waals surface area contributed by atoms with Crippen molar-refractivity contribution in [2.24, 2.45) is 11.8 Å². The van der Waals surface area contributed by atoms with Crippen molar-refractivity contribution in [2.45, 2.75) is 102 Å². The largest absolute Gasteiger partial charge is 0.467 e. The fourth-order valence-electron chi connectivity index (χ4n) is 4.26. The first-order valence-corrected chi connectivity index (χ1v) is 11.7. The lowest BCUT2D eigenvalue weighted by Crippen LogP contribution is -2.24. The molecule has 0 aromatic carbocycles. The number of unbranched alkanes of at least 4 members (excludes halogenated alkanes) is 5. The maximum absolute atomic E-state index is 12.3. The van der Waals surface area contributed by atoms with Crippen molar-refractivity contribution in [2.75, 3.05) is 7.11 Å². The van der Waals surface area contributed by atoms with E-state index in [0.29, 0.717) is 25.0 Å². The van der Waals surface area contributed by atoms with Crippen molar-refractivity contribution in [1.82, 2.24) is 0 Å². The number of allylic oxidation sites excluding steroid dienone is 1. The highest BCUT2D eigenvalue weighted by atomic mass is 16.5. The van der Waals surface area contributed by atoms with E-state index < -0.39 is 17.7 Å². The van der Waals surface area contributed by atoms with Gasteiger partial charge < -0.3 is 14.9 Å². The molecule has 0 bridgehead atoms. The van der Waals surface area contributed by atoms with Gasteiger partial charge in [0, 0.05) is 12.3 Å². The minimum atomic E-state index is -1.05. The summed E-state index contributed by atoms with van der Waals surface area (Å²) >= 11 is 0. The number of esters is 1. The molecule has 0 spiro atoms. The highest BCUT2D eigenvalue weighted by molar-refractivity contribution is 5.83. The van der Waals surface area contributed by atoms with Gasteiger partial charge in [0.1, 0.15) is 5.78 Å².